The van der Waals surface area contributed by atoms with E-state index in [0.717, 1.165) is 17.9 Å². The Morgan fingerprint density at radius 3 is 3.06 bits per heavy atom. The van der Waals surface area contributed by atoms with Crippen LogP contribution >= 0.6 is 11.8 Å². The molecule has 2 heterocycles. The molecule has 0 aliphatic carbocycles. The Morgan fingerprint density at radius 1 is 1.69 bits per heavy atom. The highest BCUT2D eigenvalue weighted by Gasteiger charge is 2.53. The molecule has 1 aliphatic heterocycles. The molecule has 16 heavy (non-hydrogen) atoms. The van der Waals surface area contributed by atoms with Gasteiger partial charge in [-0.15, -0.1) is 11.8 Å². The molecule has 0 N–H and O–H groups in total. The summed E-state index contributed by atoms with van der Waals surface area (Å²) in [5.74, 6) is 1.58. The topological polar surface area (TPSA) is 33.4 Å². The van der Waals surface area contributed by atoms with Crippen molar-refractivity contribution >= 4 is 30.6 Å². The first kappa shape index (κ1) is 11.7. The number of ether oxygens (including phenoxy) is 1. The molecule has 86 valence electrons. The monoisotopic (exact) mass is 255 g/mol. The van der Waals surface area contributed by atoms with Crippen molar-refractivity contribution in [1.82, 2.24) is 4.98 Å². The standard InChI is InChI=1S/C11H13NO2S2/c1-11(8-16-11)10(14-15)13-7-5-9-4-2-3-6-12-9/h2-4,6H,5,7-8H2,1H3. The molecule has 0 spiro atoms. The molecule has 0 saturated carbocycles. The number of rotatable bonds is 4. The Morgan fingerprint density at radius 2 is 2.50 bits per heavy atom. The number of thioether (sulfide) groups is 1. The van der Waals surface area contributed by atoms with Crippen LogP contribution in [0.1, 0.15) is 12.6 Å². The maximum absolute atomic E-state index is 5.55. The van der Waals surface area contributed by atoms with Gasteiger partial charge in [-0.1, -0.05) is 6.07 Å². The van der Waals surface area contributed by atoms with E-state index in [1.165, 1.54) is 0 Å². The van der Waals surface area contributed by atoms with Crippen molar-refractivity contribution in [3.05, 3.63) is 30.1 Å². The molecule has 1 aromatic heterocycles. The van der Waals surface area contributed by atoms with E-state index in [-0.39, 0.29) is 4.75 Å². The molecule has 1 saturated heterocycles. The number of nitrogens with zero attached hydrogens (tertiary/aromatic N) is 1. The second-order valence-corrected chi connectivity index (χ2v) is 5.45. The summed E-state index contributed by atoms with van der Waals surface area (Å²) in [6, 6.07) is 5.84. The van der Waals surface area contributed by atoms with Crippen LogP contribution in [0.15, 0.2) is 24.4 Å². The number of hydrogen-bond donors (Lipinski definition) is 0. The predicted octanol–water partition coefficient (Wildman–Crippen LogP) is 1.67. The SMILES string of the molecule is CC1(C(OCCc2ccccn2)=[O+][S-])CS1. The minimum atomic E-state index is -0.0220. The molecule has 1 fully saturated rings. The first-order valence-electron chi connectivity index (χ1n) is 5.08. The summed E-state index contributed by atoms with van der Waals surface area (Å²) < 4.78 is 10.4. The molecule has 5 heteroatoms. The lowest BCUT2D eigenvalue weighted by Crippen LogP contribution is -2.24. The first-order valence-corrected chi connectivity index (χ1v) is 6.40. The average molecular weight is 255 g/mol. The van der Waals surface area contributed by atoms with E-state index in [1.807, 2.05) is 18.2 Å². The van der Waals surface area contributed by atoms with Gasteiger partial charge in [0, 0.05) is 17.6 Å². The molecule has 3 nitrogen and oxygen atoms in total. The zero-order valence-corrected chi connectivity index (χ0v) is 10.6. The molecule has 2 rings (SSSR count). The van der Waals surface area contributed by atoms with Gasteiger partial charge in [-0.25, -0.2) is 0 Å². The smallest absolute Gasteiger partial charge is 0.433 e. The first-order chi connectivity index (χ1) is 7.74. The van der Waals surface area contributed by atoms with Crippen molar-refractivity contribution in [3.63, 3.8) is 0 Å². The van der Waals surface area contributed by atoms with E-state index in [2.05, 4.69) is 24.8 Å². The number of carbonyl (C=O) groups excluding carboxylic acids is 1. The van der Waals surface area contributed by atoms with Crippen LogP contribution in [0.3, 0.4) is 0 Å². The minimum absolute atomic E-state index is 0.0220. The normalized spacial score (nSPS) is 24.2. The second-order valence-electron chi connectivity index (χ2n) is 3.81. The predicted molar refractivity (Wildman–Crippen MR) is 67.1 cm³/mol. The largest absolute Gasteiger partial charge is 0.485 e. The van der Waals surface area contributed by atoms with Gasteiger partial charge in [0.2, 0.25) is 0 Å². The molecule has 0 bridgehead atoms. The summed E-state index contributed by atoms with van der Waals surface area (Å²) in [4.78, 5) is 4.22. The van der Waals surface area contributed by atoms with Gasteiger partial charge in [0.15, 0.2) is 11.4 Å². The summed E-state index contributed by atoms with van der Waals surface area (Å²) in [5, 5.41) is 0. The van der Waals surface area contributed by atoms with Crippen molar-refractivity contribution < 1.29 is 8.61 Å². The maximum Gasteiger partial charge on any atom is 0.485 e. The summed E-state index contributed by atoms with van der Waals surface area (Å²) in [6.07, 6.45) is 2.55. The molecule has 1 atom stereocenters. The zero-order valence-electron chi connectivity index (χ0n) is 9.01. The van der Waals surface area contributed by atoms with Gasteiger partial charge >= 0.3 is 5.97 Å². The van der Waals surface area contributed by atoms with Crippen molar-refractivity contribution in [3.8, 4) is 0 Å². The van der Waals surface area contributed by atoms with Gasteiger partial charge in [-0.3, -0.25) is 4.98 Å². The lowest BCUT2D eigenvalue weighted by Gasteiger charge is -2.03. The molecule has 1 aliphatic rings. The lowest BCUT2D eigenvalue weighted by atomic mass is 10.2. The summed E-state index contributed by atoms with van der Waals surface area (Å²) >= 11 is 6.38. The lowest BCUT2D eigenvalue weighted by molar-refractivity contribution is -0.263. The van der Waals surface area contributed by atoms with E-state index in [0.29, 0.717) is 12.6 Å². The molecule has 0 aromatic carbocycles. The van der Waals surface area contributed by atoms with Gasteiger partial charge in [-0.05, 0) is 19.1 Å². The van der Waals surface area contributed by atoms with Crippen LogP contribution in [0.2, 0.25) is 0 Å². The Hall–Kier alpha value is -0.810. The van der Waals surface area contributed by atoms with E-state index < -0.39 is 0 Å². The van der Waals surface area contributed by atoms with E-state index in [1.54, 1.807) is 18.0 Å². The van der Waals surface area contributed by atoms with Crippen LogP contribution in [0.25, 0.3) is 0 Å². The molecule has 1 aromatic rings. The quantitative estimate of drug-likeness (QED) is 0.355. The Kier molecular flexibility index (Phi) is 3.66. The van der Waals surface area contributed by atoms with Crippen LogP contribution in [-0.4, -0.2) is 28.1 Å². The Labute approximate surface area is 105 Å². The van der Waals surface area contributed by atoms with Crippen molar-refractivity contribution in [2.24, 2.45) is 0 Å². The molecular formula is C11H13NO2S2. The maximum atomic E-state index is 5.55. The highest BCUT2D eigenvalue weighted by atomic mass is 32.2. The summed E-state index contributed by atoms with van der Waals surface area (Å²) in [7, 11) is 0. The van der Waals surface area contributed by atoms with Crippen molar-refractivity contribution in [1.29, 1.82) is 0 Å². The number of pyridine rings is 1. The highest BCUT2D eigenvalue weighted by molar-refractivity contribution is 8.08. The third-order valence-corrected chi connectivity index (χ3v) is 3.88. The number of hydrogen-bond acceptors (Lipinski definition) is 4. The molecule has 0 radical (unpaired) electrons. The molecule has 0 amide bonds. The number of aromatic nitrogens is 1. The van der Waals surface area contributed by atoms with Gasteiger partial charge < -0.3 is 21.5 Å². The van der Waals surface area contributed by atoms with Crippen LogP contribution in [0, 0.1) is 0 Å². The average Bonchev–Trinajstić information content (AvgIpc) is 3.05. The molecular weight excluding hydrogens is 242 g/mol. The Bertz CT molecular complexity index is 377. The van der Waals surface area contributed by atoms with Crippen molar-refractivity contribution in [2.45, 2.75) is 18.1 Å². The van der Waals surface area contributed by atoms with Crippen LogP contribution < -0.4 is 0 Å². The number of esters is 1. The van der Waals surface area contributed by atoms with E-state index in [4.69, 9.17) is 8.61 Å². The van der Waals surface area contributed by atoms with Gasteiger partial charge in [-0.2, -0.15) is 0 Å². The fraction of sp³-hybridized carbons (Fsp3) is 0.455. The summed E-state index contributed by atoms with van der Waals surface area (Å²) in [6.45, 7) is 2.62. The summed E-state index contributed by atoms with van der Waals surface area (Å²) in [5.41, 5.74) is 1.01. The fourth-order valence-corrected chi connectivity index (χ4v) is 2.12. The van der Waals surface area contributed by atoms with Gasteiger partial charge in [0.25, 0.3) is 0 Å². The third kappa shape index (κ3) is 2.86. The van der Waals surface area contributed by atoms with E-state index >= 15 is 0 Å². The molecule has 1 unspecified atom stereocenters. The zero-order chi connectivity index (χ0) is 11.4. The second kappa shape index (κ2) is 5.01. The van der Waals surface area contributed by atoms with Crippen LogP contribution in [-0.2, 0) is 27.9 Å². The van der Waals surface area contributed by atoms with Crippen LogP contribution in [0.5, 0.6) is 0 Å². The van der Waals surface area contributed by atoms with E-state index in [9.17, 15) is 0 Å². The van der Waals surface area contributed by atoms with Gasteiger partial charge in [0.1, 0.15) is 0 Å². The van der Waals surface area contributed by atoms with Crippen LogP contribution in [0.4, 0.5) is 0 Å². The fourth-order valence-electron chi connectivity index (χ4n) is 1.29. The highest BCUT2D eigenvalue weighted by Crippen LogP contribution is 2.45. The van der Waals surface area contributed by atoms with Crippen molar-refractivity contribution in [2.75, 3.05) is 12.4 Å². The Balaban J connectivity index is 1.80. The minimum Gasteiger partial charge on any atom is -0.433 e. The third-order valence-electron chi connectivity index (χ3n) is 2.40. The van der Waals surface area contributed by atoms with Gasteiger partial charge in [0.05, 0.1) is 6.42 Å².